The van der Waals surface area contributed by atoms with Crippen molar-refractivity contribution < 1.29 is 4.74 Å². The average molecular weight is 192 g/mol. The van der Waals surface area contributed by atoms with Gasteiger partial charge in [-0.1, -0.05) is 13.0 Å². The molecule has 14 heavy (non-hydrogen) atoms. The van der Waals surface area contributed by atoms with E-state index in [1.165, 1.54) is 0 Å². The Labute approximate surface area is 84.5 Å². The molecule has 2 unspecified atom stereocenters. The molecule has 76 valence electrons. The third kappa shape index (κ3) is 1.79. The van der Waals surface area contributed by atoms with Gasteiger partial charge in [0.2, 0.25) is 0 Å². The first-order valence-electron chi connectivity index (χ1n) is 5.00. The van der Waals surface area contributed by atoms with Crippen molar-refractivity contribution in [3.05, 3.63) is 30.1 Å². The summed E-state index contributed by atoms with van der Waals surface area (Å²) in [6.07, 6.45) is 3.63. The molecule has 2 heterocycles. The van der Waals surface area contributed by atoms with Gasteiger partial charge in [0.1, 0.15) is 5.72 Å². The van der Waals surface area contributed by atoms with Crippen LogP contribution in [0.4, 0.5) is 0 Å². The van der Waals surface area contributed by atoms with E-state index >= 15 is 0 Å². The van der Waals surface area contributed by atoms with Crippen molar-refractivity contribution in [2.24, 2.45) is 5.92 Å². The standard InChI is InChI=1S/C11H16N2O/c1-9-6-13-11(2,14-8-9)10-4-3-5-12-7-10/h3-5,7,9,13H,6,8H2,1-2H3. The van der Waals surface area contributed by atoms with E-state index in [4.69, 9.17) is 4.74 Å². The highest BCUT2D eigenvalue weighted by molar-refractivity contribution is 5.17. The van der Waals surface area contributed by atoms with Crippen LogP contribution < -0.4 is 5.32 Å². The molecule has 0 aromatic carbocycles. The zero-order valence-electron chi connectivity index (χ0n) is 8.66. The van der Waals surface area contributed by atoms with E-state index in [-0.39, 0.29) is 5.72 Å². The van der Waals surface area contributed by atoms with Crippen LogP contribution in [0.1, 0.15) is 19.4 Å². The lowest BCUT2D eigenvalue weighted by molar-refractivity contribution is -0.106. The third-order valence-corrected chi connectivity index (χ3v) is 2.66. The summed E-state index contributed by atoms with van der Waals surface area (Å²) < 4.78 is 5.81. The van der Waals surface area contributed by atoms with E-state index in [9.17, 15) is 0 Å². The Morgan fingerprint density at radius 2 is 2.50 bits per heavy atom. The number of rotatable bonds is 1. The molecule has 2 rings (SSSR count). The molecular weight excluding hydrogens is 176 g/mol. The zero-order valence-corrected chi connectivity index (χ0v) is 8.66. The minimum absolute atomic E-state index is 0.360. The number of hydrogen-bond acceptors (Lipinski definition) is 3. The van der Waals surface area contributed by atoms with Crippen molar-refractivity contribution in [1.82, 2.24) is 10.3 Å². The molecule has 0 aliphatic carbocycles. The van der Waals surface area contributed by atoms with Crippen LogP contribution in [0.3, 0.4) is 0 Å². The second kappa shape index (κ2) is 3.67. The largest absolute Gasteiger partial charge is 0.356 e. The average Bonchev–Trinajstić information content (AvgIpc) is 2.24. The molecule has 3 nitrogen and oxygen atoms in total. The maximum Gasteiger partial charge on any atom is 0.143 e. The summed E-state index contributed by atoms with van der Waals surface area (Å²) in [5, 5.41) is 3.40. The molecule has 1 saturated heterocycles. The van der Waals surface area contributed by atoms with Crippen LogP contribution in [-0.2, 0) is 10.5 Å². The van der Waals surface area contributed by atoms with Crippen molar-refractivity contribution in [3.8, 4) is 0 Å². The first-order chi connectivity index (χ1) is 6.71. The van der Waals surface area contributed by atoms with Crippen molar-refractivity contribution in [3.63, 3.8) is 0 Å². The maximum absolute atomic E-state index is 5.81. The molecule has 0 radical (unpaired) electrons. The van der Waals surface area contributed by atoms with Crippen LogP contribution in [-0.4, -0.2) is 18.1 Å². The quantitative estimate of drug-likeness (QED) is 0.732. The van der Waals surface area contributed by atoms with E-state index in [0.717, 1.165) is 18.7 Å². The molecule has 1 aromatic rings. The van der Waals surface area contributed by atoms with E-state index in [1.807, 2.05) is 18.3 Å². The summed E-state index contributed by atoms with van der Waals surface area (Å²) in [5.74, 6) is 0.583. The van der Waals surface area contributed by atoms with Crippen LogP contribution in [0.15, 0.2) is 24.5 Å². The van der Waals surface area contributed by atoms with Gasteiger partial charge in [0.05, 0.1) is 6.61 Å². The van der Waals surface area contributed by atoms with Gasteiger partial charge >= 0.3 is 0 Å². The topological polar surface area (TPSA) is 34.2 Å². The second-order valence-electron chi connectivity index (χ2n) is 4.07. The predicted molar refractivity (Wildman–Crippen MR) is 54.7 cm³/mol. The van der Waals surface area contributed by atoms with Crippen LogP contribution in [0.2, 0.25) is 0 Å². The summed E-state index contributed by atoms with van der Waals surface area (Å²) in [5.41, 5.74) is 0.729. The van der Waals surface area contributed by atoms with E-state index < -0.39 is 0 Å². The molecule has 0 saturated carbocycles. The molecule has 0 spiro atoms. The zero-order chi connectivity index (χ0) is 10.0. The lowest BCUT2D eigenvalue weighted by Gasteiger charge is -2.37. The summed E-state index contributed by atoms with van der Waals surface area (Å²) >= 11 is 0. The van der Waals surface area contributed by atoms with Crippen LogP contribution >= 0.6 is 0 Å². The monoisotopic (exact) mass is 192 g/mol. The van der Waals surface area contributed by atoms with Crippen molar-refractivity contribution in [2.45, 2.75) is 19.6 Å². The molecule has 1 fully saturated rings. The summed E-state index contributed by atoms with van der Waals surface area (Å²) in [4.78, 5) is 4.10. The Balaban J connectivity index is 2.17. The molecule has 1 aromatic heterocycles. The maximum atomic E-state index is 5.81. The first-order valence-corrected chi connectivity index (χ1v) is 5.00. The van der Waals surface area contributed by atoms with Crippen LogP contribution in [0, 0.1) is 5.92 Å². The molecule has 1 aliphatic rings. The van der Waals surface area contributed by atoms with E-state index in [0.29, 0.717) is 5.92 Å². The molecule has 0 bridgehead atoms. The Bertz CT molecular complexity index is 291. The third-order valence-electron chi connectivity index (χ3n) is 2.66. The van der Waals surface area contributed by atoms with Crippen molar-refractivity contribution in [1.29, 1.82) is 0 Å². The number of aromatic nitrogens is 1. The minimum Gasteiger partial charge on any atom is -0.356 e. The lowest BCUT2D eigenvalue weighted by atomic mass is 10.0. The van der Waals surface area contributed by atoms with Gasteiger partial charge in [-0.2, -0.15) is 0 Å². The van der Waals surface area contributed by atoms with Gasteiger partial charge in [-0.25, -0.2) is 0 Å². The van der Waals surface area contributed by atoms with Gasteiger partial charge in [0.25, 0.3) is 0 Å². The number of pyridine rings is 1. The van der Waals surface area contributed by atoms with Gasteiger partial charge in [0, 0.05) is 24.5 Å². The Morgan fingerprint density at radius 3 is 3.07 bits per heavy atom. The first kappa shape index (κ1) is 9.62. The number of ether oxygens (including phenoxy) is 1. The van der Waals surface area contributed by atoms with Gasteiger partial charge in [-0.3, -0.25) is 10.3 Å². The molecule has 2 atom stereocenters. The highest BCUT2D eigenvalue weighted by atomic mass is 16.5. The number of nitrogens with one attached hydrogen (secondary N) is 1. The molecule has 3 heteroatoms. The Kier molecular flexibility index (Phi) is 2.52. The summed E-state index contributed by atoms with van der Waals surface area (Å²) in [7, 11) is 0. The van der Waals surface area contributed by atoms with Crippen molar-refractivity contribution in [2.75, 3.05) is 13.2 Å². The number of hydrogen-bond donors (Lipinski definition) is 1. The molecule has 1 N–H and O–H groups in total. The Morgan fingerprint density at radius 1 is 1.64 bits per heavy atom. The van der Waals surface area contributed by atoms with Gasteiger partial charge < -0.3 is 4.74 Å². The lowest BCUT2D eigenvalue weighted by Crippen LogP contribution is -2.49. The van der Waals surface area contributed by atoms with Gasteiger partial charge in [-0.15, -0.1) is 0 Å². The Hall–Kier alpha value is -0.930. The smallest absolute Gasteiger partial charge is 0.143 e. The SMILES string of the molecule is CC1CNC(C)(c2cccnc2)OC1. The fourth-order valence-corrected chi connectivity index (χ4v) is 1.62. The summed E-state index contributed by atoms with van der Waals surface area (Å²) in [6.45, 7) is 6.02. The highest BCUT2D eigenvalue weighted by Crippen LogP contribution is 2.25. The van der Waals surface area contributed by atoms with E-state index in [2.05, 4.69) is 24.1 Å². The van der Waals surface area contributed by atoms with Gasteiger partial charge in [0.15, 0.2) is 0 Å². The minimum atomic E-state index is -0.360. The fraction of sp³-hybridized carbons (Fsp3) is 0.545. The second-order valence-corrected chi connectivity index (χ2v) is 4.07. The predicted octanol–water partition coefficient (Wildman–Crippen LogP) is 1.51. The molecule has 1 aliphatic heterocycles. The highest BCUT2D eigenvalue weighted by Gasteiger charge is 2.31. The van der Waals surface area contributed by atoms with Gasteiger partial charge in [-0.05, 0) is 18.9 Å². The normalized spacial score (nSPS) is 32.9. The fourth-order valence-electron chi connectivity index (χ4n) is 1.62. The molecular formula is C11H16N2O. The van der Waals surface area contributed by atoms with Crippen LogP contribution in [0.5, 0.6) is 0 Å². The number of nitrogens with zero attached hydrogens (tertiary/aromatic N) is 1. The summed E-state index contributed by atoms with van der Waals surface area (Å²) in [6, 6.07) is 3.97. The van der Waals surface area contributed by atoms with Crippen LogP contribution in [0.25, 0.3) is 0 Å². The molecule has 0 amide bonds. The van der Waals surface area contributed by atoms with E-state index in [1.54, 1.807) is 6.20 Å². The van der Waals surface area contributed by atoms with Crippen molar-refractivity contribution >= 4 is 0 Å².